The zero-order chi connectivity index (χ0) is 24.2. The van der Waals surface area contributed by atoms with Gasteiger partial charge in [0, 0.05) is 35.0 Å². The highest BCUT2D eigenvalue weighted by Gasteiger charge is 2.17. The Morgan fingerprint density at radius 3 is 2.53 bits per heavy atom. The Balaban J connectivity index is 1.71. The molecule has 1 N–H and O–H groups in total. The highest BCUT2D eigenvalue weighted by Crippen LogP contribution is 2.26. The molecule has 0 saturated heterocycles. The van der Waals surface area contributed by atoms with Gasteiger partial charge in [-0.2, -0.15) is 4.68 Å². The van der Waals surface area contributed by atoms with E-state index >= 15 is 0 Å². The van der Waals surface area contributed by atoms with Gasteiger partial charge in [-0.05, 0) is 47.7 Å². The maximum atomic E-state index is 13.0. The van der Waals surface area contributed by atoms with Crippen LogP contribution in [-0.4, -0.2) is 41.1 Å². The number of halogens is 2. The van der Waals surface area contributed by atoms with E-state index in [2.05, 4.69) is 35.8 Å². The number of hydrogen-bond donors (Lipinski definition) is 1. The first-order valence-electron chi connectivity index (χ1n) is 10.6. The molecule has 11 heteroatoms. The van der Waals surface area contributed by atoms with Crippen LogP contribution in [0.1, 0.15) is 59.3 Å². The lowest BCUT2D eigenvalue weighted by Gasteiger charge is -2.12. The predicted octanol–water partition coefficient (Wildman–Crippen LogP) is 3.81. The normalized spacial score (nSPS) is 11.3. The van der Waals surface area contributed by atoms with Crippen molar-refractivity contribution in [2.24, 2.45) is 0 Å². The molecule has 4 aromatic rings. The van der Waals surface area contributed by atoms with Gasteiger partial charge < -0.3 is 5.32 Å². The van der Waals surface area contributed by atoms with Crippen LogP contribution in [0.4, 0.5) is 8.78 Å². The van der Waals surface area contributed by atoms with Gasteiger partial charge in [0.1, 0.15) is 0 Å². The second kappa shape index (κ2) is 9.77. The summed E-state index contributed by atoms with van der Waals surface area (Å²) in [6.07, 6.45) is 1.73. The summed E-state index contributed by atoms with van der Waals surface area (Å²) < 4.78 is 27.5. The number of pyridine rings is 1. The molecule has 0 radical (unpaired) electrons. The topological polar surface area (TPSA) is 111 Å². The van der Waals surface area contributed by atoms with Crippen molar-refractivity contribution in [2.45, 2.75) is 39.7 Å². The summed E-state index contributed by atoms with van der Waals surface area (Å²) in [6, 6.07) is 7.87. The fourth-order valence-electron chi connectivity index (χ4n) is 3.24. The Bertz CT molecular complexity index is 1290. The average Bonchev–Trinajstić information content (AvgIpc) is 3.34. The molecule has 1 amide bonds. The molecule has 0 bridgehead atoms. The van der Waals surface area contributed by atoms with E-state index in [0.717, 1.165) is 11.9 Å². The number of hydrogen-bond acceptors (Lipinski definition) is 7. The molecule has 4 rings (SSSR count). The fourth-order valence-corrected chi connectivity index (χ4v) is 3.24. The van der Waals surface area contributed by atoms with Gasteiger partial charge in [-0.1, -0.05) is 13.8 Å². The summed E-state index contributed by atoms with van der Waals surface area (Å²) in [4.78, 5) is 25.6. The minimum absolute atomic E-state index is 0.0273. The van der Waals surface area contributed by atoms with Crippen LogP contribution in [0.3, 0.4) is 0 Å². The van der Waals surface area contributed by atoms with Crippen LogP contribution < -0.4 is 5.32 Å². The predicted molar refractivity (Wildman–Crippen MR) is 119 cm³/mol. The number of nitrogens with one attached hydrogen (secondary N) is 1. The van der Waals surface area contributed by atoms with Crippen LogP contribution in [0.15, 0.2) is 48.9 Å². The molecule has 0 spiro atoms. The summed E-state index contributed by atoms with van der Waals surface area (Å²) in [5.74, 6) is 0.285. The van der Waals surface area contributed by atoms with Gasteiger partial charge in [-0.15, -0.1) is 5.10 Å². The third-order valence-electron chi connectivity index (χ3n) is 5.03. The van der Waals surface area contributed by atoms with Crippen molar-refractivity contribution < 1.29 is 13.6 Å². The molecule has 0 saturated carbocycles. The van der Waals surface area contributed by atoms with Crippen molar-refractivity contribution in [3.63, 3.8) is 0 Å². The van der Waals surface area contributed by atoms with Crippen molar-refractivity contribution >= 4 is 5.91 Å². The van der Waals surface area contributed by atoms with E-state index in [0.29, 0.717) is 34.0 Å². The molecule has 0 aliphatic rings. The van der Waals surface area contributed by atoms with Crippen LogP contribution in [0.2, 0.25) is 0 Å². The van der Waals surface area contributed by atoms with Crippen LogP contribution in [0.5, 0.6) is 0 Å². The summed E-state index contributed by atoms with van der Waals surface area (Å²) in [6.45, 7) is 5.92. The lowest BCUT2D eigenvalue weighted by atomic mass is 10.0. The second-order valence-electron chi connectivity index (χ2n) is 7.98. The van der Waals surface area contributed by atoms with E-state index in [1.54, 1.807) is 35.3 Å². The molecule has 0 atom stereocenters. The second-order valence-corrected chi connectivity index (χ2v) is 7.98. The number of tetrazole rings is 1. The fraction of sp³-hybridized carbons (Fsp3) is 0.261. The van der Waals surface area contributed by atoms with Crippen molar-refractivity contribution in [1.82, 2.24) is 40.5 Å². The summed E-state index contributed by atoms with van der Waals surface area (Å²) >= 11 is 0. The SMILES string of the molecule is Cc1cnc(CNC(=O)c2cc(-c3ccc(C(F)F)cn3)cc(-n3nnnc3C(C)C)c2)cn1. The van der Waals surface area contributed by atoms with Crippen molar-refractivity contribution in [3.8, 4) is 16.9 Å². The molecule has 0 aliphatic heterocycles. The van der Waals surface area contributed by atoms with E-state index in [1.807, 2.05) is 20.8 Å². The van der Waals surface area contributed by atoms with Gasteiger partial charge in [0.15, 0.2) is 5.82 Å². The number of aromatic nitrogens is 7. The van der Waals surface area contributed by atoms with Gasteiger partial charge in [0.2, 0.25) is 0 Å². The van der Waals surface area contributed by atoms with Gasteiger partial charge in [0.05, 0.1) is 35.5 Å². The molecular formula is C23H22F2N8O. The zero-order valence-corrected chi connectivity index (χ0v) is 18.8. The first-order valence-corrected chi connectivity index (χ1v) is 10.6. The summed E-state index contributed by atoms with van der Waals surface area (Å²) in [5, 5.41) is 14.7. The van der Waals surface area contributed by atoms with Gasteiger partial charge in [0.25, 0.3) is 12.3 Å². The molecule has 0 unspecified atom stereocenters. The Morgan fingerprint density at radius 2 is 1.88 bits per heavy atom. The highest BCUT2D eigenvalue weighted by atomic mass is 19.3. The van der Waals surface area contributed by atoms with Gasteiger partial charge in [-0.3, -0.25) is 19.7 Å². The zero-order valence-electron chi connectivity index (χ0n) is 18.8. The van der Waals surface area contributed by atoms with E-state index < -0.39 is 6.43 Å². The lowest BCUT2D eigenvalue weighted by molar-refractivity contribution is 0.0950. The number of carbonyl (C=O) groups is 1. The maximum Gasteiger partial charge on any atom is 0.265 e. The molecule has 3 heterocycles. The molecule has 0 aliphatic carbocycles. The first-order chi connectivity index (χ1) is 16.3. The molecule has 174 valence electrons. The van der Waals surface area contributed by atoms with Crippen LogP contribution in [0.25, 0.3) is 16.9 Å². The molecule has 9 nitrogen and oxygen atoms in total. The third kappa shape index (κ3) is 5.08. The van der Waals surface area contributed by atoms with Crippen LogP contribution in [0, 0.1) is 6.92 Å². The van der Waals surface area contributed by atoms with Gasteiger partial charge in [-0.25, -0.2) is 8.78 Å². The number of benzene rings is 1. The van der Waals surface area contributed by atoms with Crippen LogP contribution in [-0.2, 0) is 6.54 Å². The molecule has 1 aromatic carbocycles. The summed E-state index contributed by atoms with van der Waals surface area (Å²) in [7, 11) is 0. The molecule has 0 fully saturated rings. The van der Waals surface area contributed by atoms with Crippen molar-refractivity contribution in [3.05, 3.63) is 77.3 Å². The van der Waals surface area contributed by atoms with E-state index in [4.69, 9.17) is 0 Å². The van der Waals surface area contributed by atoms with E-state index in [-0.39, 0.29) is 23.9 Å². The quantitative estimate of drug-likeness (QED) is 0.443. The number of aryl methyl sites for hydroxylation is 1. The standard InChI is InChI=1S/C23H22F2N8O/c1-13(2)22-30-31-32-33(22)19-7-16(20-5-4-15(10-28-20)21(24)25)6-17(8-19)23(34)29-12-18-11-26-14(3)9-27-18/h4-11,13,21H,12H2,1-3H3,(H,29,34). The average molecular weight is 464 g/mol. The first kappa shape index (κ1) is 23.0. The number of carbonyl (C=O) groups excluding carboxylic acids is 1. The Morgan fingerprint density at radius 1 is 1.06 bits per heavy atom. The Labute approximate surface area is 194 Å². The minimum Gasteiger partial charge on any atom is -0.346 e. The monoisotopic (exact) mass is 464 g/mol. The number of amides is 1. The van der Waals surface area contributed by atoms with E-state index in [9.17, 15) is 13.6 Å². The highest BCUT2D eigenvalue weighted by molar-refractivity contribution is 5.96. The Kier molecular flexibility index (Phi) is 6.62. The number of alkyl halides is 2. The molecular weight excluding hydrogens is 442 g/mol. The molecule has 3 aromatic heterocycles. The molecule has 34 heavy (non-hydrogen) atoms. The van der Waals surface area contributed by atoms with Crippen molar-refractivity contribution in [2.75, 3.05) is 0 Å². The Hall–Kier alpha value is -4.15. The summed E-state index contributed by atoms with van der Waals surface area (Å²) in [5.41, 5.74) is 3.08. The maximum absolute atomic E-state index is 13.0. The van der Waals surface area contributed by atoms with Crippen molar-refractivity contribution in [1.29, 1.82) is 0 Å². The third-order valence-corrected chi connectivity index (χ3v) is 5.03. The van der Waals surface area contributed by atoms with E-state index in [1.165, 1.54) is 12.1 Å². The number of nitrogens with zero attached hydrogens (tertiary/aromatic N) is 7. The largest absolute Gasteiger partial charge is 0.346 e. The van der Waals surface area contributed by atoms with Gasteiger partial charge >= 0.3 is 0 Å². The van der Waals surface area contributed by atoms with Crippen LogP contribution >= 0.6 is 0 Å². The minimum atomic E-state index is -2.62. The lowest BCUT2D eigenvalue weighted by Crippen LogP contribution is -2.23. The number of rotatable bonds is 7. The smallest absolute Gasteiger partial charge is 0.265 e.